The zero-order valence-corrected chi connectivity index (χ0v) is 10.3. The van der Waals surface area contributed by atoms with Crippen molar-refractivity contribution in [2.24, 2.45) is 0 Å². The molecule has 1 N–H and O–H groups in total. The molecule has 0 saturated carbocycles. The number of rotatable bonds is 4. The predicted molar refractivity (Wildman–Crippen MR) is 71.7 cm³/mol. The highest BCUT2D eigenvalue weighted by Crippen LogP contribution is 2.19. The molecule has 94 valence electrons. The van der Waals surface area contributed by atoms with Gasteiger partial charge in [0.05, 0.1) is 24.7 Å². The molecule has 4 nitrogen and oxygen atoms in total. The van der Waals surface area contributed by atoms with Crippen LogP contribution < -0.4 is 10.2 Å². The largest absolute Gasteiger partial charge is 0.467 e. The van der Waals surface area contributed by atoms with Gasteiger partial charge in [-0.1, -0.05) is 0 Å². The smallest absolute Gasteiger partial charge is 0.128 e. The second-order valence-corrected chi connectivity index (χ2v) is 4.53. The van der Waals surface area contributed by atoms with Crippen LogP contribution in [0.2, 0.25) is 0 Å². The second-order valence-electron chi connectivity index (χ2n) is 4.53. The number of nitrogens with one attached hydrogen (secondary N) is 1. The van der Waals surface area contributed by atoms with E-state index >= 15 is 0 Å². The molecule has 0 aliphatic carbocycles. The molecule has 0 spiro atoms. The minimum absolute atomic E-state index is 0.692. The number of hydrogen-bond donors (Lipinski definition) is 1. The molecule has 0 amide bonds. The van der Waals surface area contributed by atoms with Gasteiger partial charge < -0.3 is 14.6 Å². The van der Waals surface area contributed by atoms with E-state index in [1.54, 1.807) is 6.26 Å². The Morgan fingerprint density at radius 3 is 2.78 bits per heavy atom. The number of nitrogens with zero attached hydrogens (tertiary/aromatic N) is 2. The van der Waals surface area contributed by atoms with E-state index in [1.165, 1.54) is 12.8 Å². The van der Waals surface area contributed by atoms with E-state index in [1.807, 2.05) is 18.3 Å². The molecule has 3 heterocycles. The Hall–Kier alpha value is -1.97. The fourth-order valence-electron chi connectivity index (χ4n) is 2.23. The zero-order valence-electron chi connectivity index (χ0n) is 10.3. The average molecular weight is 243 g/mol. The van der Waals surface area contributed by atoms with E-state index in [0.717, 1.165) is 30.4 Å². The maximum absolute atomic E-state index is 5.27. The van der Waals surface area contributed by atoms with Gasteiger partial charge in [0, 0.05) is 13.1 Å². The van der Waals surface area contributed by atoms with E-state index in [4.69, 9.17) is 4.42 Å². The molecule has 18 heavy (non-hydrogen) atoms. The number of furan rings is 1. The number of hydrogen-bond acceptors (Lipinski definition) is 4. The summed E-state index contributed by atoms with van der Waals surface area (Å²) in [5.41, 5.74) is 1.02. The number of pyridine rings is 1. The van der Waals surface area contributed by atoms with Crippen LogP contribution in [-0.2, 0) is 6.54 Å². The van der Waals surface area contributed by atoms with E-state index in [2.05, 4.69) is 27.3 Å². The van der Waals surface area contributed by atoms with E-state index < -0.39 is 0 Å². The summed E-state index contributed by atoms with van der Waals surface area (Å²) in [6.07, 6.45) is 6.13. The van der Waals surface area contributed by atoms with Crippen molar-refractivity contribution in [1.82, 2.24) is 4.98 Å². The number of aromatic nitrogens is 1. The fourth-order valence-corrected chi connectivity index (χ4v) is 2.23. The van der Waals surface area contributed by atoms with Crippen LogP contribution in [0.3, 0.4) is 0 Å². The lowest BCUT2D eigenvalue weighted by molar-refractivity contribution is 0.518. The molecule has 0 radical (unpaired) electrons. The molecule has 3 rings (SSSR count). The van der Waals surface area contributed by atoms with E-state index in [0.29, 0.717) is 6.54 Å². The second kappa shape index (κ2) is 5.12. The van der Waals surface area contributed by atoms with Crippen molar-refractivity contribution in [1.29, 1.82) is 0 Å². The first-order chi connectivity index (χ1) is 8.92. The van der Waals surface area contributed by atoms with Gasteiger partial charge in [-0.2, -0.15) is 0 Å². The van der Waals surface area contributed by atoms with Crippen LogP contribution in [0, 0.1) is 0 Å². The highest BCUT2D eigenvalue weighted by Gasteiger charge is 2.12. The third kappa shape index (κ3) is 2.47. The standard InChI is InChI=1S/C14H17N3O/c1-2-8-17(7-1)14-6-5-12(10-16-14)15-11-13-4-3-9-18-13/h3-6,9-10,15H,1-2,7-8,11H2. The van der Waals surface area contributed by atoms with Gasteiger partial charge >= 0.3 is 0 Å². The van der Waals surface area contributed by atoms with Crippen LogP contribution in [0.15, 0.2) is 41.1 Å². The first-order valence-corrected chi connectivity index (χ1v) is 6.39. The summed E-state index contributed by atoms with van der Waals surface area (Å²) in [5.74, 6) is 2.01. The Labute approximate surface area is 107 Å². The molecule has 0 aromatic carbocycles. The van der Waals surface area contributed by atoms with Crippen LogP contribution >= 0.6 is 0 Å². The van der Waals surface area contributed by atoms with Crippen molar-refractivity contribution >= 4 is 11.5 Å². The monoisotopic (exact) mass is 243 g/mol. The first-order valence-electron chi connectivity index (χ1n) is 6.39. The summed E-state index contributed by atoms with van der Waals surface area (Å²) in [7, 11) is 0. The third-order valence-corrected chi connectivity index (χ3v) is 3.22. The van der Waals surface area contributed by atoms with Crippen LogP contribution in [0.25, 0.3) is 0 Å². The van der Waals surface area contributed by atoms with Crippen LogP contribution in [0.1, 0.15) is 18.6 Å². The summed E-state index contributed by atoms with van der Waals surface area (Å²) >= 11 is 0. The Morgan fingerprint density at radius 1 is 1.22 bits per heavy atom. The molecule has 2 aromatic heterocycles. The van der Waals surface area contributed by atoms with Crippen molar-refractivity contribution in [3.05, 3.63) is 42.5 Å². The summed E-state index contributed by atoms with van der Waals surface area (Å²) in [5, 5.41) is 3.29. The summed E-state index contributed by atoms with van der Waals surface area (Å²) < 4.78 is 5.27. The normalized spacial score (nSPS) is 15.0. The van der Waals surface area contributed by atoms with Gasteiger partial charge in [-0.05, 0) is 37.1 Å². The van der Waals surface area contributed by atoms with Crippen molar-refractivity contribution in [3.63, 3.8) is 0 Å². The van der Waals surface area contributed by atoms with Crippen LogP contribution in [0.4, 0.5) is 11.5 Å². The van der Waals surface area contributed by atoms with Crippen molar-refractivity contribution in [2.45, 2.75) is 19.4 Å². The van der Waals surface area contributed by atoms with E-state index in [-0.39, 0.29) is 0 Å². The molecule has 1 aliphatic rings. The summed E-state index contributed by atoms with van der Waals surface area (Å²) in [6, 6.07) is 8.00. The van der Waals surface area contributed by atoms with Gasteiger partial charge in [-0.3, -0.25) is 0 Å². The SMILES string of the molecule is c1coc(CNc2ccc(N3CCCC3)nc2)c1. The van der Waals surface area contributed by atoms with Gasteiger partial charge in [0.1, 0.15) is 11.6 Å². The fraction of sp³-hybridized carbons (Fsp3) is 0.357. The molecule has 2 aromatic rings. The number of anilines is 2. The lowest BCUT2D eigenvalue weighted by Gasteiger charge is -2.16. The molecule has 0 unspecified atom stereocenters. The molecule has 1 aliphatic heterocycles. The molecule has 1 fully saturated rings. The molecular formula is C14H17N3O. The molecule has 4 heteroatoms. The summed E-state index contributed by atoms with van der Waals surface area (Å²) in [6.45, 7) is 2.95. The topological polar surface area (TPSA) is 41.3 Å². The molecular weight excluding hydrogens is 226 g/mol. The van der Waals surface area contributed by atoms with Gasteiger partial charge in [0.2, 0.25) is 0 Å². The van der Waals surface area contributed by atoms with Gasteiger partial charge in [-0.25, -0.2) is 4.98 Å². The highest BCUT2D eigenvalue weighted by atomic mass is 16.3. The van der Waals surface area contributed by atoms with Crippen LogP contribution in [0.5, 0.6) is 0 Å². The average Bonchev–Trinajstić information content (AvgIpc) is 3.10. The maximum Gasteiger partial charge on any atom is 0.128 e. The predicted octanol–water partition coefficient (Wildman–Crippen LogP) is 2.89. The highest BCUT2D eigenvalue weighted by molar-refractivity contribution is 5.49. The maximum atomic E-state index is 5.27. The van der Waals surface area contributed by atoms with Crippen LogP contribution in [-0.4, -0.2) is 18.1 Å². The Morgan fingerprint density at radius 2 is 2.11 bits per heavy atom. The van der Waals surface area contributed by atoms with Crippen molar-refractivity contribution < 1.29 is 4.42 Å². The third-order valence-electron chi connectivity index (χ3n) is 3.22. The Balaban J connectivity index is 1.60. The molecule has 0 bridgehead atoms. The van der Waals surface area contributed by atoms with Gasteiger partial charge in [0.15, 0.2) is 0 Å². The molecule has 0 atom stereocenters. The minimum atomic E-state index is 0.692. The zero-order chi connectivity index (χ0) is 12.2. The Bertz CT molecular complexity index is 472. The van der Waals surface area contributed by atoms with Crippen molar-refractivity contribution in [2.75, 3.05) is 23.3 Å². The van der Waals surface area contributed by atoms with Crippen molar-refractivity contribution in [3.8, 4) is 0 Å². The first kappa shape index (κ1) is 11.1. The minimum Gasteiger partial charge on any atom is -0.467 e. The van der Waals surface area contributed by atoms with Gasteiger partial charge in [0.25, 0.3) is 0 Å². The summed E-state index contributed by atoms with van der Waals surface area (Å²) in [4.78, 5) is 6.82. The lowest BCUT2D eigenvalue weighted by Crippen LogP contribution is -2.18. The van der Waals surface area contributed by atoms with E-state index in [9.17, 15) is 0 Å². The molecule has 1 saturated heterocycles. The quantitative estimate of drug-likeness (QED) is 0.896. The van der Waals surface area contributed by atoms with Gasteiger partial charge in [-0.15, -0.1) is 0 Å². The lowest BCUT2D eigenvalue weighted by atomic mass is 10.3. The Kier molecular flexibility index (Phi) is 3.17.